The normalized spacial score (nSPS) is 11.7. The van der Waals surface area contributed by atoms with Crippen LogP contribution in [0, 0.1) is 6.92 Å². The Morgan fingerprint density at radius 1 is 1.17 bits per heavy atom. The van der Waals surface area contributed by atoms with Gasteiger partial charge in [0.15, 0.2) is 5.78 Å². The second-order valence-corrected chi connectivity index (χ2v) is 4.82. The van der Waals surface area contributed by atoms with Crippen LogP contribution in [0.5, 0.6) is 0 Å². The maximum absolute atomic E-state index is 11.5. The largest absolute Gasteiger partial charge is 0.318 e. The maximum atomic E-state index is 11.5. The smallest absolute Gasteiger partial charge is 0.176 e. The van der Waals surface area contributed by atoms with E-state index in [4.69, 9.17) is 0 Å². The standard InChI is InChI=1S/C15H21NO2/c1-11(6-5-7-13(3)17)10-16-12(2)8-9-15(16)14(4)18/h8-10H,5-7H2,1-4H3/b11-10+. The minimum Gasteiger partial charge on any atom is -0.318 e. The van der Waals surface area contributed by atoms with Crippen LogP contribution in [0.15, 0.2) is 17.7 Å². The molecule has 0 spiro atoms. The van der Waals surface area contributed by atoms with E-state index in [-0.39, 0.29) is 11.6 Å². The van der Waals surface area contributed by atoms with E-state index in [9.17, 15) is 9.59 Å². The van der Waals surface area contributed by atoms with Crippen molar-refractivity contribution in [2.75, 3.05) is 0 Å². The topological polar surface area (TPSA) is 39.1 Å². The molecule has 0 aromatic carbocycles. The van der Waals surface area contributed by atoms with Gasteiger partial charge in [-0.2, -0.15) is 0 Å². The Kier molecular flexibility index (Phi) is 5.08. The molecule has 0 radical (unpaired) electrons. The predicted molar refractivity (Wildman–Crippen MR) is 73.7 cm³/mol. The molecular weight excluding hydrogens is 226 g/mol. The van der Waals surface area contributed by atoms with Crippen LogP contribution in [-0.4, -0.2) is 16.1 Å². The van der Waals surface area contributed by atoms with Crippen LogP contribution < -0.4 is 0 Å². The van der Waals surface area contributed by atoms with Gasteiger partial charge in [-0.25, -0.2) is 0 Å². The molecule has 0 unspecified atom stereocenters. The highest BCUT2D eigenvalue weighted by molar-refractivity contribution is 5.93. The van der Waals surface area contributed by atoms with Gasteiger partial charge in [0, 0.05) is 25.2 Å². The Labute approximate surface area is 108 Å². The summed E-state index contributed by atoms with van der Waals surface area (Å²) in [7, 11) is 0. The van der Waals surface area contributed by atoms with E-state index in [1.54, 1.807) is 13.8 Å². The minimum atomic E-state index is 0.0656. The molecule has 1 heterocycles. The van der Waals surface area contributed by atoms with Gasteiger partial charge in [-0.1, -0.05) is 5.57 Å². The summed E-state index contributed by atoms with van der Waals surface area (Å²) in [5.41, 5.74) is 2.93. The van der Waals surface area contributed by atoms with Crippen LogP contribution in [0.2, 0.25) is 0 Å². The van der Waals surface area contributed by atoms with Gasteiger partial charge >= 0.3 is 0 Å². The van der Waals surface area contributed by atoms with Gasteiger partial charge in [0.1, 0.15) is 5.78 Å². The Morgan fingerprint density at radius 3 is 2.39 bits per heavy atom. The Balaban J connectivity index is 2.78. The minimum absolute atomic E-state index is 0.0656. The van der Waals surface area contributed by atoms with E-state index in [0.717, 1.165) is 18.5 Å². The zero-order valence-electron chi connectivity index (χ0n) is 11.6. The van der Waals surface area contributed by atoms with Gasteiger partial charge < -0.3 is 9.36 Å². The molecule has 98 valence electrons. The molecule has 1 aromatic rings. The lowest BCUT2D eigenvalue weighted by molar-refractivity contribution is -0.117. The number of hydrogen-bond acceptors (Lipinski definition) is 2. The van der Waals surface area contributed by atoms with Gasteiger partial charge in [-0.05, 0) is 45.7 Å². The monoisotopic (exact) mass is 247 g/mol. The van der Waals surface area contributed by atoms with Crippen LogP contribution in [0.25, 0.3) is 6.20 Å². The van der Waals surface area contributed by atoms with Crippen molar-refractivity contribution in [3.63, 3.8) is 0 Å². The third kappa shape index (κ3) is 3.99. The lowest BCUT2D eigenvalue weighted by atomic mass is 10.1. The first-order valence-corrected chi connectivity index (χ1v) is 6.27. The molecule has 0 saturated heterocycles. The summed E-state index contributed by atoms with van der Waals surface area (Å²) in [4.78, 5) is 22.3. The zero-order chi connectivity index (χ0) is 13.7. The third-order valence-electron chi connectivity index (χ3n) is 2.93. The molecule has 0 aliphatic heterocycles. The molecule has 1 aromatic heterocycles. The summed E-state index contributed by atoms with van der Waals surface area (Å²) >= 11 is 0. The fraction of sp³-hybridized carbons (Fsp3) is 0.467. The van der Waals surface area contributed by atoms with Crippen molar-refractivity contribution in [3.05, 3.63) is 29.1 Å². The number of nitrogens with zero attached hydrogens (tertiary/aromatic N) is 1. The summed E-state index contributed by atoms with van der Waals surface area (Å²) in [5.74, 6) is 0.292. The van der Waals surface area contributed by atoms with Crippen LogP contribution in [0.1, 0.15) is 56.2 Å². The van der Waals surface area contributed by atoms with Crippen LogP contribution in [-0.2, 0) is 4.79 Å². The number of carbonyl (C=O) groups excluding carboxylic acids is 2. The van der Waals surface area contributed by atoms with Gasteiger partial charge in [0.25, 0.3) is 0 Å². The van der Waals surface area contributed by atoms with Crippen LogP contribution in [0.4, 0.5) is 0 Å². The summed E-state index contributed by atoms with van der Waals surface area (Å²) in [6.45, 7) is 7.20. The zero-order valence-corrected chi connectivity index (χ0v) is 11.6. The van der Waals surface area contributed by atoms with E-state index in [0.29, 0.717) is 12.1 Å². The predicted octanol–water partition coefficient (Wildman–Crippen LogP) is 3.62. The van der Waals surface area contributed by atoms with Crippen molar-refractivity contribution in [1.29, 1.82) is 0 Å². The van der Waals surface area contributed by atoms with Crippen molar-refractivity contribution in [3.8, 4) is 0 Å². The van der Waals surface area contributed by atoms with Crippen molar-refractivity contribution < 1.29 is 9.59 Å². The second kappa shape index (κ2) is 6.34. The molecule has 3 heteroatoms. The lowest BCUT2D eigenvalue weighted by Crippen LogP contribution is -2.02. The average Bonchev–Trinajstić information content (AvgIpc) is 2.60. The number of aryl methyl sites for hydroxylation is 1. The molecule has 18 heavy (non-hydrogen) atoms. The molecule has 0 saturated carbocycles. The molecule has 0 aliphatic carbocycles. The van der Waals surface area contributed by atoms with Crippen molar-refractivity contribution >= 4 is 17.8 Å². The van der Waals surface area contributed by atoms with Crippen molar-refractivity contribution in [2.24, 2.45) is 0 Å². The molecular formula is C15H21NO2. The first kappa shape index (κ1) is 14.4. The molecule has 0 bridgehead atoms. The molecule has 0 fully saturated rings. The Hall–Kier alpha value is -1.64. The average molecular weight is 247 g/mol. The molecule has 0 amide bonds. The summed E-state index contributed by atoms with van der Waals surface area (Å²) < 4.78 is 1.92. The molecule has 3 nitrogen and oxygen atoms in total. The number of ketones is 2. The molecule has 0 aliphatic rings. The highest BCUT2D eigenvalue weighted by atomic mass is 16.1. The summed E-state index contributed by atoms with van der Waals surface area (Å²) in [6.07, 6.45) is 4.36. The fourth-order valence-corrected chi connectivity index (χ4v) is 1.91. The first-order chi connectivity index (χ1) is 8.41. The van der Waals surface area contributed by atoms with Crippen LogP contribution in [0.3, 0.4) is 0 Å². The van der Waals surface area contributed by atoms with Gasteiger partial charge in [-0.3, -0.25) is 4.79 Å². The molecule has 1 rings (SSSR count). The number of hydrogen-bond donors (Lipinski definition) is 0. The second-order valence-electron chi connectivity index (χ2n) is 4.82. The molecule has 0 N–H and O–H groups in total. The number of carbonyl (C=O) groups is 2. The number of rotatable bonds is 6. The number of Topliss-reactive ketones (excluding diaryl/α,β-unsaturated/α-hetero) is 2. The van der Waals surface area contributed by atoms with Crippen molar-refractivity contribution in [2.45, 2.75) is 47.0 Å². The fourth-order valence-electron chi connectivity index (χ4n) is 1.91. The lowest BCUT2D eigenvalue weighted by Gasteiger charge is -2.07. The third-order valence-corrected chi connectivity index (χ3v) is 2.93. The highest BCUT2D eigenvalue weighted by Gasteiger charge is 2.07. The SMILES string of the molecule is CC(=O)CCC/C(C)=C/n1c(C)ccc1C(C)=O. The summed E-state index contributed by atoms with van der Waals surface area (Å²) in [5, 5.41) is 0. The number of allylic oxidation sites excluding steroid dienone is 1. The first-order valence-electron chi connectivity index (χ1n) is 6.27. The van der Waals surface area contributed by atoms with Gasteiger partial charge in [0.05, 0.1) is 5.69 Å². The quantitative estimate of drug-likeness (QED) is 0.720. The maximum Gasteiger partial charge on any atom is 0.176 e. The Morgan fingerprint density at radius 2 is 1.83 bits per heavy atom. The van der Waals surface area contributed by atoms with E-state index in [1.807, 2.05) is 36.7 Å². The van der Waals surface area contributed by atoms with E-state index in [2.05, 4.69) is 0 Å². The van der Waals surface area contributed by atoms with Gasteiger partial charge in [0.2, 0.25) is 0 Å². The van der Waals surface area contributed by atoms with E-state index >= 15 is 0 Å². The molecule has 0 atom stereocenters. The Bertz CT molecular complexity index is 481. The van der Waals surface area contributed by atoms with Crippen LogP contribution >= 0.6 is 0 Å². The number of aromatic nitrogens is 1. The van der Waals surface area contributed by atoms with E-state index in [1.165, 1.54) is 5.57 Å². The van der Waals surface area contributed by atoms with Gasteiger partial charge in [-0.15, -0.1) is 0 Å². The van der Waals surface area contributed by atoms with E-state index < -0.39 is 0 Å². The highest BCUT2D eigenvalue weighted by Crippen LogP contribution is 2.14. The summed E-state index contributed by atoms with van der Waals surface area (Å²) in [6, 6.07) is 3.78. The van der Waals surface area contributed by atoms with Crippen molar-refractivity contribution in [1.82, 2.24) is 4.57 Å².